The minimum absolute atomic E-state index is 0.0619. The van der Waals surface area contributed by atoms with E-state index in [9.17, 15) is 9.90 Å². The van der Waals surface area contributed by atoms with E-state index in [0.29, 0.717) is 6.42 Å². The van der Waals surface area contributed by atoms with Crippen LogP contribution in [0.3, 0.4) is 0 Å². The minimum atomic E-state index is -1.16. The number of carbonyl (C=O) groups excluding carboxylic acids is 2. The number of carbonyl (C=O) groups is 1. The molecule has 2 aromatic rings. The summed E-state index contributed by atoms with van der Waals surface area (Å²) in [5, 5.41) is 15.3. The number of hydrogen-bond donors (Lipinski definition) is 1. The Hall–Kier alpha value is -3.21. The molecule has 0 aromatic heterocycles. The van der Waals surface area contributed by atoms with Gasteiger partial charge in [0.2, 0.25) is 0 Å². The fourth-order valence-corrected chi connectivity index (χ4v) is 4.71. The molecule has 2 atom stereocenters. The monoisotopic (exact) mass is 416 g/mol. The summed E-state index contributed by atoms with van der Waals surface area (Å²) < 4.78 is 6.44. The fourth-order valence-electron chi connectivity index (χ4n) is 4.71. The summed E-state index contributed by atoms with van der Waals surface area (Å²) in [7, 11) is 0. The first kappa shape index (κ1) is 21.0. The Labute approximate surface area is 183 Å². The lowest BCUT2D eigenvalue weighted by atomic mass is 9.71. The lowest BCUT2D eigenvalue weighted by Crippen LogP contribution is -2.34. The zero-order valence-electron chi connectivity index (χ0n) is 18.5. The second kappa shape index (κ2) is 8.50. The summed E-state index contributed by atoms with van der Waals surface area (Å²) >= 11 is 0. The largest absolute Gasteiger partial charge is 0.545 e. The Bertz CT molecular complexity index is 1130. The van der Waals surface area contributed by atoms with Gasteiger partial charge in [0.15, 0.2) is 0 Å². The maximum atomic E-state index is 12.0. The first-order valence-electron chi connectivity index (χ1n) is 10.9. The molecule has 0 spiro atoms. The highest BCUT2D eigenvalue weighted by molar-refractivity contribution is 6.15. The third-order valence-electron chi connectivity index (χ3n) is 6.12. The third kappa shape index (κ3) is 3.80. The molecular weight excluding hydrogens is 388 g/mol. The molecule has 0 saturated heterocycles. The van der Waals surface area contributed by atoms with E-state index in [4.69, 9.17) is 4.42 Å². The van der Waals surface area contributed by atoms with E-state index in [2.05, 4.69) is 43.2 Å². The second-order valence-electron chi connectivity index (χ2n) is 8.13. The number of carboxylic acids is 1. The van der Waals surface area contributed by atoms with E-state index < -0.39 is 5.97 Å². The van der Waals surface area contributed by atoms with E-state index in [1.807, 2.05) is 25.1 Å². The summed E-state index contributed by atoms with van der Waals surface area (Å²) in [5.74, 6) is 0.300. The highest BCUT2D eigenvalue weighted by atomic mass is 16.4. The molecule has 160 valence electrons. The lowest BCUT2D eigenvalue weighted by molar-refractivity contribution is -0.374. The van der Waals surface area contributed by atoms with Gasteiger partial charge in [-0.25, -0.2) is 4.42 Å². The Morgan fingerprint density at radius 3 is 2.68 bits per heavy atom. The number of aliphatic imine (C=N–C) groups is 1. The zero-order chi connectivity index (χ0) is 22.1. The van der Waals surface area contributed by atoms with Gasteiger partial charge in [0.1, 0.15) is 12.3 Å². The first-order chi connectivity index (χ1) is 14.9. The van der Waals surface area contributed by atoms with Gasteiger partial charge >= 0.3 is 11.5 Å². The van der Waals surface area contributed by atoms with Gasteiger partial charge in [0, 0.05) is 30.3 Å². The highest BCUT2D eigenvalue weighted by Gasteiger charge is 2.45. The van der Waals surface area contributed by atoms with Crippen molar-refractivity contribution in [1.29, 1.82) is 0 Å². The van der Waals surface area contributed by atoms with Crippen LogP contribution in [0.1, 0.15) is 60.2 Å². The number of carboxylic acid groups (broad SMARTS) is 1. The van der Waals surface area contributed by atoms with Crippen molar-refractivity contribution >= 4 is 23.2 Å². The van der Waals surface area contributed by atoms with E-state index in [1.165, 1.54) is 0 Å². The Morgan fingerprint density at radius 1 is 1.19 bits per heavy atom. The molecule has 0 fully saturated rings. The number of nitrogens with zero attached hydrogens (tertiary/aromatic N) is 1. The number of rotatable bonds is 5. The number of anilines is 1. The predicted octanol–water partition coefficient (Wildman–Crippen LogP) is 4.18. The van der Waals surface area contributed by atoms with Crippen molar-refractivity contribution in [2.75, 3.05) is 18.4 Å². The molecule has 1 aliphatic carbocycles. The molecule has 0 bridgehead atoms. The zero-order valence-corrected chi connectivity index (χ0v) is 18.5. The molecular formula is C26H28N2O3. The van der Waals surface area contributed by atoms with Crippen molar-refractivity contribution in [3.05, 3.63) is 70.3 Å². The van der Waals surface area contributed by atoms with Crippen LogP contribution in [0.2, 0.25) is 0 Å². The van der Waals surface area contributed by atoms with Crippen LogP contribution in [-0.2, 0) is 4.42 Å². The van der Waals surface area contributed by atoms with Crippen molar-refractivity contribution < 1.29 is 14.3 Å². The molecule has 0 unspecified atom stereocenters. The lowest BCUT2D eigenvalue weighted by Gasteiger charge is -2.30. The molecule has 0 amide bonds. The number of ketones is 1. The number of fused-ring (bicyclic) bond motifs is 2. The molecule has 4 rings (SSSR count). The van der Waals surface area contributed by atoms with Crippen LogP contribution >= 0.6 is 0 Å². The molecule has 0 saturated carbocycles. The van der Waals surface area contributed by atoms with Crippen molar-refractivity contribution in [3.63, 3.8) is 0 Å². The number of benzene rings is 2. The van der Waals surface area contributed by atoms with Gasteiger partial charge in [0.25, 0.3) is 0 Å². The van der Waals surface area contributed by atoms with Gasteiger partial charge in [-0.15, -0.1) is 0 Å². The molecule has 1 heterocycles. The number of nitrogens with one attached hydrogen (secondary N) is 1. The third-order valence-corrected chi connectivity index (χ3v) is 6.12. The number of aryl methyl sites for hydroxylation is 1. The summed E-state index contributed by atoms with van der Waals surface area (Å²) in [6, 6.07) is 11.3. The maximum Gasteiger partial charge on any atom is 0.358 e. The van der Waals surface area contributed by atoms with Gasteiger partial charge in [-0.2, -0.15) is 0 Å². The smallest absolute Gasteiger partial charge is 0.358 e. The van der Waals surface area contributed by atoms with Gasteiger partial charge in [-0.3, -0.25) is 4.99 Å². The Morgan fingerprint density at radius 2 is 1.97 bits per heavy atom. The van der Waals surface area contributed by atoms with Gasteiger partial charge in [-0.1, -0.05) is 30.3 Å². The predicted molar refractivity (Wildman–Crippen MR) is 122 cm³/mol. The minimum Gasteiger partial charge on any atom is -0.545 e. The summed E-state index contributed by atoms with van der Waals surface area (Å²) in [6.45, 7) is 9.75. The van der Waals surface area contributed by atoms with Gasteiger partial charge in [-0.05, 0) is 50.5 Å². The van der Waals surface area contributed by atoms with Gasteiger partial charge < -0.3 is 15.2 Å². The summed E-state index contributed by atoms with van der Waals surface area (Å²) in [6.07, 6.45) is 2.81. The van der Waals surface area contributed by atoms with E-state index >= 15 is 0 Å². The van der Waals surface area contributed by atoms with Crippen molar-refractivity contribution in [3.8, 4) is 5.75 Å². The second-order valence-corrected chi connectivity index (χ2v) is 8.13. The number of allylic oxidation sites excluding steroid dienone is 2. The molecule has 1 N–H and O–H groups in total. The molecule has 2 aliphatic rings. The molecule has 1 aliphatic heterocycles. The normalized spacial score (nSPS) is 21.1. The van der Waals surface area contributed by atoms with E-state index in [0.717, 1.165) is 58.3 Å². The van der Waals surface area contributed by atoms with Crippen LogP contribution in [0.15, 0.2) is 53.0 Å². The van der Waals surface area contributed by atoms with E-state index in [1.54, 1.807) is 12.1 Å². The summed E-state index contributed by atoms with van der Waals surface area (Å²) in [4.78, 5) is 16.6. The SMILES string of the molecule is CCN=C1CC2=[O+]c3cc(NCC)c(C)cc3[C@H](c3ccccc3C(=O)[O-])[C@@H]2C=C1C. The molecule has 0 radical (unpaired) electrons. The van der Waals surface area contributed by atoms with Crippen LogP contribution in [0, 0.1) is 12.8 Å². The van der Waals surface area contributed by atoms with E-state index in [-0.39, 0.29) is 17.4 Å². The van der Waals surface area contributed by atoms with Crippen LogP contribution in [-0.4, -0.2) is 30.6 Å². The molecule has 5 nitrogen and oxygen atoms in total. The summed E-state index contributed by atoms with van der Waals surface area (Å²) in [5.41, 5.74) is 6.27. The quantitative estimate of drug-likeness (QED) is 0.743. The molecule has 2 aromatic carbocycles. The van der Waals surface area contributed by atoms with Crippen LogP contribution in [0.4, 0.5) is 5.69 Å². The van der Waals surface area contributed by atoms with Crippen LogP contribution in [0.25, 0.3) is 0 Å². The highest BCUT2D eigenvalue weighted by Crippen LogP contribution is 2.47. The number of hydrogen-bond acceptors (Lipinski definition) is 4. The molecule has 5 heteroatoms. The van der Waals surface area contributed by atoms with Crippen molar-refractivity contribution in [2.45, 2.75) is 40.0 Å². The Balaban J connectivity index is 1.97. The first-order valence-corrected chi connectivity index (χ1v) is 10.9. The van der Waals surface area contributed by atoms with Crippen molar-refractivity contribution in [2.24, 2.45) is 10.9 Å². The average Bonchev–Trinajstić information content (AvgIpc) is 2.74. The van der Waals surface area contributed by atoms with Crippen LogP contribution < -0.4 is 10.4 Å². The standard InChI is InChI=1S/C26H28N2O3/c1-5-27-21-13-23-19(11-15(21)3)25(17-9-7-8-10-18(17)26(29)30)20-12-16(4)22(28-6-2)14-24(20)31-23/h7-13,20,25,27H,5-6,14H2,1-4H3/t20-,25+/m1/s1. The van der Waals surface area contributed by atoms with Crippen molar-refractivity contribution in [1.82, 2.24) is 0 Å². The Kier molecular flexibility index (Phi) is 5.77. The fraction of sp³-hybridized carbons (Fsp3) is 0.346. The molecule has 31 heavy (non-hydrogen) atoms. The average molecular weight is 417 g/mol. The maximum absolute atomic E-state index is 12.0. The topological polar surface area (TPSA) is 75.8 Å². The number of aromatic carboxylic acids is 1. The van der Waals surface area contributed by atoms with Crippen LogP contribution in [0.5, 0.6) is 5.75 Å². The van der Waals surface area contributed by atoms with Gasteiger partial charge in [0.05, 0.1) is 23.3 Å².